The lowest BCUT2D eigenvalue weighted by molar-refractivity contribution is 0.179. The lowest BCUT2D eigenvalue weighted by Crippen LogP contribution is -2.35. The van der Waals surface area contributed by atoms with Crippen LogP contribution in [-0.2, 0) is 19.6 Å². The second kappa shape index (κ2) is 11.6. The molecule has 0 aliphatic heterocycles. The lowest BCUT2D eigenvalue weighted by Gasteiger charge is -2.30. The smallest absolute Gasteiger partial charge is 0.253 e. The highest BCUT2D eigenvalue weighted by molar-refractivity contribution is 5.79. The van der Waals surface area contributed by atoms with Crippen LogP contribution in [0, 0.1) is 6.92 Å². The van der Waals surface area contributed by atoms with E-state index >= 15 is 0 Å². The summed E-state index contributed by atoms with van der Waals surface area (Å²) >= 11 is 0. The summed E-state index contributed by atoms with van der Waals surface area (Å²) in [4.78, 5) is 23.3. The fourth-order valence-electron chi connectivity index (χ4n) is 5.03. The molecule has 6 rings (SSSR count). The van der Waals surface area contributed by atoms with Crippen molar-refractivity contribution in [2.45, 2.75) is 32.6 Å². The molecule has 10 heteroatoms. The Hall–Kier alpha value is -5.09. The second-order valence-electron chi connectivity index (χ2n) is 9.94. The molecule has 0 saturated carbocycles. The molecular formula is C31H29N7O3. The lowest BCUT2D eigenvalue weighted by atomic mass is 10.0. The van der Waals surface area contributed by atoms with Crippen LogP contribution < -0.4 is 10.3 Å². The van der Waals surface area contributed by atoms with Crippen molar-refractivity contribution in [2.75, 3.05) is 7.11 Å². The van der Waals surface area contributed by atoms with E-state index in [1.54, 1.807) is 24.3 Å². The van der Waals surface area contributed by atoms with Gasteiger partial charge in [-0.05, 0) is 81.9 Å². The minimum atomic E-state index is -0.608. The first-order chi connectivity index (χ1) is 20.1. The fraction of sp³-hybridized carbons (Fsp3) is 0.194. The van der Waals surface area contributed by atoms with E-state index in [2.05, 4.69) is 30.4 Å². The van der Waals surface area contributed by atoms with Crippen molar-refractivity contribution in [3.8, 4) is 5.75 Å². The SMILES string of the molecule is COc1ccc(Cn2nnnc2[C@@H](c2cc3ccc(C)cc3[nH]c2=O)N(Cc2cccnc2)Cc2ccco2)cc1. The van der Waals surface area contributed by atoms with Gasteiger partial charge in [0.15, 0.2) is 5.82 Å². The van der Waals surface area contributed by atoms with Crippen LogP contribution in [0.2, 0.25) is 0 Å². The van der Waals surface area contributed by atoms with Gasteiger partial charge in [0.05, 0.1) is 26.5 Å². The Morgan fingerprint density at radius 1 is 1.02 bits per heavy atom. The third-order valence-electron chi connectivity index (χ3n) is 7.03. The Morgan fingerprint density at radius 2 is 1.90 bits per heavy atom. The number of methoxy groups -OCH3 is 1. The van der Waals surface area contributed by atoms with Gasteiger partial charge in [0.25, 0.3) is 5.56 Å². The molecule has 1 N–H and O–H groups in total. The standard InChI is InChI=1S/C31H29N7O3/c1-21-7-10-24-16-27(31(39)33-28(24)15-21)29(30-34-35-36-38(30)19-22-8-11-25(40-2)12-9-22)37(20-26-6-4-14-41-26)18-23-5-3-13-32-17-23/h3-17,29H,18-20H2,1-2H3,(H,33,39)/t29-/m1/s1. The predicted molar refractivity (Wildman–Crippen MR) is 153 cm³/mol. The van der Waals surface area contributed by atoms with Crippen LogP contribution in [0.3, 0.4) is 0 Å². The summed E-state index contributed by atoms with van der Waals surface area (Å²) in [5, 5.41) is 13.8. The zero-order chi connectivity index (χ0) is 28.2. The number of benzene rings is 2. The molecule has 6 aromatic rings. The Balaban J connectivity index is 1.50. The van der Waals surface area contributed by atoms with Crippen LogP contribution in [0.25, 0.3) is 10.9 Å². The number of nitrogens with one attached hydrogen (secondary N) is 1. The molecule has 4 aromatic heterocycles. The monoisotopic (exact) mass is 547 g/mol. The van der Waals surface area contributed by atoms with Gasteiger partial charge in [0, 0.05) is 30.0 Å². The number of pyridine rings is 2. The van der Waals surface area contributed by atoms with Gasteiger partial charge in [0.2, 0.25) is 0 Å². The largest absolute Gasteiger partial charge is 0.497 e. The molecule has 0 amide bonds. The highest BCUT2D eigenvalue weighted by Crippen LogP contribution is 2.30. The number of ether oxygens (including phenoxy) is 1. The minimum absolute atomic E-state index is 0.206. The zero-order valence-corrected chi connectivity index (χ0v) is 22.8. The van der Waals surface area contributed by atoms with E-state index in [1.165, 1.54) is 0 Å². The van der Waals surface area contributed by atoms with E-state index in [0.29, 0.717) is 31.0 Å². The van der Waals surface area contributed by atoms with Crippen molar-refractivity contribution < 1.29 is 9.15 Å². The molecule has 10 nitrogen and oxygen atoms in total. The van der Waals surface area contributed by atoms with Gasteiger partial charge in [-0.1, -0.05) is 30.3 Å². The number of aryl methyl sites for hydroxylation is 1. The van der Waals surface area contributed by atoms with Crippen molar-refractivity contribution in [3.05, 3.63) is 136 Å². The summed E-state index contributed by atoms with van der Waals surface area (Å²) in [7, 11) is 1.64. The first kappa shape index (κ1) is 26.1. The molecule has 0 fully saturated rings. The van der Waals surface area contributed by atoms with Gasteiger partial charge in [-0.2, -0.15) is 0 Å². The average molecular weight is 548 g/mol. The number of furan rings is 1. The number of nitrogens with zero attached hydrogens (tertiary/aromatic N) is 6. The maximum absolute atomic E-state index is 13.8. The molecule has 4 heterocycles. The van der Waals surface area contributed by atoms with E-state index in [9.17, 15) is 4.79 Å². The van der Waals surface area contributed by atoms with Crippen LogP contribution in [0.4, 0.5) is 0 Å². The molecular weight excluding hydrogens is 518 g/mol. The highest BCUT2D eigenvalue weighted by atomic mass is 16.5. The van der Waals surface area contributed by atoms with Crippen molar-refractivity contribution in [2.24, 2.45) is 0 Å². The Kier molecular flexibility index (Phi) is 7.38. The summed E-state index contributed by atoms with van der Waals surface area (Å²) < 4.78 is 12.8. The zero-order valence-electron chi connectivity index (χ0n) is 22.8. The van der Waals surface area contributed by atoms with Gasteiger partial charge in [-0.15, -0.1) is 5.10 Å². The maximum atomic E-state index is 13.8. The third-order valence-corrected chi connectivity index (χ3v) is 7.03. The van der Waals surface area contributed by atoms with Crippen molar-refractivity contribution in [1.29, 1.82) is 0 Å². The number of tetrazole rings is 1. The van der Waals surface area contributed by atoms with E-state index < -0.39 is 6.04 Å². The molecule has 0 bridgehead atoms. The van der Waals surface area contributed by atoms with E-state index in [-0.39, 0.29) is 5.56 Å². The number of H-pyrrole nitrogens is 1. The van der Waals surface area contributed by atoms with Crippen molar-refractivity contribution in [3.63, 3.8) is 0 Å². The van der Waals surface area contributed by atoms with Crippen LogP contribution in [0.1, 0.15) is 39.9 Å². The van der Waals surface area contributed by atoms with Gasteiger partial charge in [0.1, 0.15) is 17.6 Å². The first-order valence-electron chi connectivity index (χ1n) is 13.3. The van der Waals surface area contributed by atoms with Crippen LogP contribution >= 0.6 is 0 Å². The summed E-state index contributed by atoms with van der Waals surface area (Å²) in [6.07, 6.45) is 5.20. The third kappa shape index (κ3) is 5.78. The number of hydrogen-bond donors (Lipinski definition) is 1. The average Bonchev–Trinajstić information content (AvgIpc) is 3.67. The Bertz CT molecular complexity index is 1800. The van der Waals surface area contributed by atoms with Gasteiger partial charge in [-0.25, -0.2) is 4.68 Å². The molecule has 0 saturated heterocycles. The van der Waals surface area contributed by atoms with Crippen molar-refractivity contribution >= 4 is 10.9 Å². The number of fused-ring (bicyclic) bond motifs is 1. The van der Waals surface area contributed by atoms with Gasteiger partial charge in [-0.3, -0.25) is 14.7 Å². The van der Waals surface area contributed by atoms with E-state index in [4.69, 9.17) is 9.15 Å². The molecule has 41 heavy (non-hydrogen) atoms. The first-order valence-corrected chi connectivity index (χ1v) is 13.3. The van der Waals surface area contributed by atoms with Crippen LogP contribution in [-0.4, -0.2) is 42.2 Å². The number of rotatable bonds is 10. The molecule has 0 aliphatic rings. The maximum Gasteiger partial charge on any atom is 0.253 e. The molecule has 2 aromatic carbocycles. The normalized spacial score (nSPS) is 12.2. The summed E-state index contributed by atoms with van der Waals surface area (Å²) in [5.41, 5.74) is 4.14. The van der Waals surface area contributed by atoms with Gasteiger partial charge >= 0.3 is 0 Å². The molecule has 0 radical (unpaired) electrons. The quantitative estimate of drug-likeness (QED) is 0.263. The summed E-state index contributed by atoms with van der Waals surface area (Å²) in [6, 6.07) is 22.8. The Morgan fingerprint density at radius 3 is 2.66 bits per heavy atom. The molecule has 0 spiro atoms. The predicted octanol–water partition coefficient (Wildman–Crippen LogP) is 4.66. The van der Waals surface area contributed by atoms with Crippen LogP contribution in [0.5, 0.6) is 5.75 Å². The van der Waals surface area contributed by atoms with Crippen LogP contribution in [0.15, 0.2) is 101 Å². The Labute approximate surface area is 236 Å². The molecule has 1 atom stereocenters. The fourth-order valence-corrected chi connectivity index (χ4v) is 5.03. The number of aromatic nitrogens is 6. The van der Waals surface area contributed by atoms with E-state index in [0.717, 1.165) is 39.1 Å². The summed E-state index contributed by atoms with van der Waals surface area (Å²) in [6.45, 7) is 3.29. The van der Waals surface area contributed by atoms with Crippen molar-refractivity contribution in [1.82, 2.24) is 35.1 Å². The molecule has 0 aliphatic carbocycles. The number of hydrogen-bond acceptors (Lipinski definition) is 8. The molecule has 0 unspecified atom stereocenters. The molecule has 206 valence electrons. The van der Waals surface area contributed by atoms with E-state index in [1.807, 2.05) is 85.9 Å². The second-order valence-corrected chi connectivity index (χ2v) is 9.94. The topological polar surface area (TPSA) is 115 Å². The summed E-state index contributed by atoms with van der Waals surface area (Å²) in [5.74, 6) is 2.05. The minimum Gasteiger partial charge on any atom is -0.497 e. The number of aromatic amines is 1. The highest BCUT2D eigenvalue weighted by Gasteiger charge is 2.31. The van der Waals surface area contributed by atoms with Gasteiger partial charge < -0.3 is 14.1 Å².